The summed E-state index contributed by atoms with van der Waals surface area (Å²) in [6.45, 7) is 2.12. The van der Waals surface area contributed by atoms with Crippen LogP contribution in [0.2, 0.25) is 0 Å². The van der Waals surface area contributed by atoms with E-state index in [4.69, 9.17) is 0 Å². The van der Waals surface area contributed by atoms with Crippen LogP contribution in [0.25, 0.3) is 0 Å². The fraction of sp³-hybridized carbons (Fsp3) is 0.867. The summed E-state index contributed by atoms with van der Waals surface area (Å²) in [5.74, 6) is 0.742. The SMILES string of the molecule is CC(C1CC1)N(C)C(=O)C1(C#N)CCCCCC1. The molecule has 1 unspecified atom stereocenters. The summed E-state index contributed by atoms with van der Waals surface area (Å²) < 4.78 is 0. The molecule has 0 spiro atoms. The van der Waals surface area contributed by atoms with Gasteiger partial charge in [-0.2, -0.15) is 5.26 Å². The molecule has 2 rings (SSSR count). The maximum Gasteiger partial charge on any atom is 0.243 e. The van der Waals surface area contributed by atoms with Crippen LogP contribution < -0.4 is 0 Å². The van der Waals surface area contributed by atoms with Gasteiger partial charge in [0.25, 0.3) is 0 Å². The molecule has 2 aliphatic rings. The van der Waals surface area contributed by atoms with Crippen molar-refractivity contribution in [1.29, 1.82) is 5.26 Å². The van der Waals surface area contributed by atoms with Gasteiger partial charge in [-0.25, -0.2) is 0 Å². The number of rotatable bonds is 3. The van der Waals surface area contributed by atoms with E-state index >= 15 is 0 Å². The molecule has 0 bridgehead atoms. The highest BCUT2D eigenvalue weighted by Crippen LogP contribution is 2.39. The van der Waals surface area contributed by atoms with Gasteiger partial charge in [0.05, 0.1) is 6.07 Å². The molecule has 0 radical (unpaired) electrons. The van der Waals surface area contributed by atoms with Gasteiger partial charge in [0.2, 0.25) is 5.91 Å². The molecule has 0 saturated heterocycles. The van der Waals surface area contributed by atoms with Gasteiger partial charge in [-0.15, -0.1) is 0 Å². The summed E-state index contributed by atoms with van der Waals surface area (Å²) >= 11 is 0. The number of carbonyl (C=O) groups is 1. The molecular formula is C15H24N2O. The summed E-state index contributed by atoms with van der Waals surface area (Å²) in [6, 6.07) is 2.66. The smallest absolute Gasteiger partial charge is 0.243 e. The molecule has 0 aromatic rings. The Morgan fingerprint density at radius 1 is 1.28 bits per heavy atom. The maximum absolute atomic E-state index is 12.7. The molecule has 0 N–H and O–H groups in total. The zero-order chi connectivity index (χ0) is 13.2. The maximum atomic E-state index is 12.7. The predicted octanol–water partition coefficient (Wildman–Crippen LogP) is 3.11. The summed E-state index contributed by atoms with van der Waals surface area (Å²) in [6.07, 6.45) is 8.35. The Bertz CT molecular complexity index is 346. The van der Waals surface area contributed by atoms with Gasteiger partial charge in [0.1, 0.15) is 5.41 Å². The predicted molar refractivity (Wildman–Crippen MR) is 70.7 cm³/mol. The van der Waals surface area contributed by atoms with E-state index in [2.05, 4.69) is 13.0 Å². The van der Waals surface area contributed by atoms with Gasteiger partial charge in [-0.1, -0.05) is 25.7 Å². The second-order valence-electron chi connectivity index (χ2n) is 6.10. The summed E-state index contributed by atoms with van der Waals surface area (Å²) in [4.78, 5) is 14.5. The van der Waals surface area contributed by atoms with E-state index in [1.165, 1.54) is 25.7 Å². The third-order valence-corrected chi connectivity index (χ3v) is 4.82. The van der Waals surface area contributed by atoms with Crippen LogP contribution in [0.15, 0.2) is 0 Å². The highest BCUT2D eigenvalue weighted by molar-refractivity contribution is 5.85. The first-order chi connectivity index (χ1) is 8.60. The lowest BCUT2D eigenvalue weighted by molar-refractivity contribution is -0.140. The first-order valence-electron chi connectivity index (χ1n) is 7.29. The summed E-state index contributed by atoms with van der Waals surface area (Å²) in [5.41, 5.74) is -0.728. The van der Waals surface area contributed by atoms with Crippen LogP contribution in [0, 0.1) is 22.7 Å². The fourth-order valence-electron chi connectivity index (χ4n) is 3.12. The van der Waals surface area contributed by atoms with Crippen LogP contribution in [0.4, 0.5) is 0 Å². The molecule has 1 atom stereocenters. The first-order valence-corrected chi connectivity index (χ1v) is 7.29. The molecule has 3 nitrogen and oxygen atoms in total. The summed E-state index contributed by atoms with van der Waals surface area (Å²) in [7, 11) is 1.88. The van der Waals surface area contributed by atoms with E-state index in [-0.39, 0.29) is 5.91 Å². The van der Waals surface area contributed by atoms with Gasteiger partial charge in [0.15, 0.2) is 0 Å². The molecule has 0 aromatic heterocycles. The average Bonchev–Trinajstić information content (AvgIpc) is 3.22. The van der Waals surface area contributed by atoms with Crippen molar-refractivity contribution in [2.24, 2.45) is 11.3 Å². The second-order valence-corrected chi connectivity index (χ2v) is 6.10. The van der Waals surface area contributed by atoms with Crippen molar-refractivity contribution in [3.05, 3.63) is 0 Å². The van der Waals surface area contributed by atoms with Gasteiger partial charge in [-0.05, 0) is 38.5 Å². The molecule has 18 heavy (non-hydrogen) atoms. The van der Waals surface area contributed by atoms with E-state index in [9.17, 15) is 10.1 Å². The zero-order valence-corrected chi connectivity index (χ0v) is 11.6. The van der Waals surface area contributed by atoms with Gasteiger partial charge in [-0.3, -0.25) is 4.79 Å². The van der Waals surface area contributed by atoms with Crippen LogP contribution in [0.1, 0.15) is 58.3 Å². The lowest BCUT2D eigenvalue weighted by Gasteiger charge is -2.33. The standard InChI is InChI=1S/C15H24N2O/c1-12(13-7-8-13)17(2)14(18)15(11-16)9-5-3-4-6-10-15/h12-13H,3-10H2,1-2H3. The quantitative estimate of drug-likeness (QED) is 0.720. The van der Waals surface area contributed by atoms with Crippen molar-refractivity contribution >= 4 is 5.91 Å². The number of amides is 1. The van der Waals surface area contributed by atoms with Gasteiger partial charge in [0, 0.05) is 13.1 Å². The van der Waals surface area contributed by atoms with Crippen LogP contribution in [0.3, 0.4) is 0 Å². The Morgan fingerprint density at radius 3 is 2.28 bits per heavy atom. The Labute approximate surface area is 110 Å². The van der Waals surface area contributed by atoms with Crippen molar-refractivity contribution in [1.82, 2.24) is 4.90 Å². The lowest BCUT2D eigenvalue weighted by Crippen LogP contribution is -2.45. The number of hydrogen-bond acceptors (Lipinski definition) is 2. The fourth-order valence-corrected chi connectivity index (χ4v) is 3.12. The van der Waals surface area contributed by atoms with E-state index in [1.807, 2.05) is 11.9 Å². The van der Waals surface area contributed by atoms with E-state index in [1.54, 1.807) is 0 Å². The zero-order valence-electron chi connectivity index (χ0n) is 11.6. The Kier molecular flexibility index (Phi) is 3.94. The molecule has 2 fully saturated rings. The van der Waals surface area contributed by atoms with Crippen LogP contribution in [0.5, 0.6) is 0 Å². The van der Waals surface area contributed by atoms with E-state index < -0.39 is 5.41 Å². The minimum Gasteiger partial charge on any atom is -0.341 e. The number of hydrogen-bond donors (Lipinski definition) is 0. The van der Waals surface area contributed by atoms with Crippen molar-refractivity contribution in [2.45, 2.75) is 64.3 Å². The topological polar surface area (TPSA) is 44.1 Å². The minimum absolute atomic E-state index is 0.0753. The Morgan fingerprint density at radius 2 is 1.83 bits per heavy atom. The van der Waals surface area contributed by atoms with Gasteiger partial charge < -0.3 is 4.90 Å². The molecule has 2 saturated carbocycles. The number of nitrogens with zero attached hydrogens (tertiary/aromatic N) is 2. The molecule has 0 aliphatic heterocycles. The third kappa shape index (κ3) is 2.53. The van der Waals surface area contributed by atoms with Crippen molar-refractivity contribution in [3.8, 4) is 6.07 Å². The molecular weight excluding hydrogens is 224 g/mol. The highest BCUT2D eigenvalue weighted by atomic mass is 16.2. The Balaban J connectivity index is 2.10. The highest BCUT2D eigenvalue weighted by Gasteiger charge is 2.43. The molecule has 0 aromatic carbocycles. The van der Waals surface area contributed by atoms with E-state index in [0.29, 0.717) is 12.0 Å². The molecule has 2 aliphatic carbocycles. The second kappa shape index (κ2) is 5.30. The monoisotopic (exact) mass is 248 g/mol. The third-order valence-electron chi connectivity index (χ3n) is 4.82. The van der Waals surface area contributed by atoms with Crippen molar-refractivity contribution < 1.29 is 4.79 Å². The van der Waals surface area contributed by atoms with Crippen molar-refractivity contribution in [3.63, 3.8) is 0 Å². The molecule has 100 valence electrons. The van der Waals surface area contributed by atoms with Gasteiger partial charge >= 0.3 is 0 Å². The average molecular weight is 248 g/mol. The first kappa shape index (κ1) is 13.4. The molecule has 3 heteroatoms. The molecule has 0 heterocycles. The van der Waals surface area contributed by atoms with Crippen LogP contribution >= 0.6 is 0 Å². The minimum atomic E-state index is -0.728. The summed E-state index contributed by atoms with van der Waals surface area (Å²) in [5, 5.41) is 9.52. The largest absolute Gasteiger partial charge is 0.341 e. The lowest BCUT2D eigenvalue weighted by atomic mass is 9.80. The number of carbonyl (C=O) groups excluding carboxylic acids is 1. The molecule has 1 amide bonds. The number of nitriles is 1. The van der Waals surface area contributed by atoms with Crippen LogP contribution in [-0.4, -0.2) is 23.9 Å². The Hall–Kier alpha value is -1.04. The normalized spacial score (nSPS) is 24.7. The van der Waals surface area contributed by atoms with Crippen molar-refractivity contribution in [2.75, 3.05) is 7.05 Å². The van der Waals surface area contributed by atoms with E-state index in [0.717, 1.165) is 25.7 Å². The van der Waals surface area contributed by atoms with Crippen LogP contribution in [-0.2, 0) is 4.79 Å².